The molecule has 0 aliphatic carbocycles. The van der Waals surface area contributed by atoms with Gasteiger partial charge in [-0.3, -0.25) is 0 Å². The summed E-state index contributed by atoms with van der Waals surface area (Å²) in [5, 5.41) is 0. The topological polar surface area (TPSA) is 0 Å². The van der Waals surface area contributed by atoms with E-state index in [4.69, 9.17) is 0 Å². The molecule has 32 valence electrons. The molecule has 0 saturated carbocycles. The van der Waals surface area contributed by atoms with Crippen LogP contribution in [0.3, 0.4) is 0 Å². The summed E-state index contributed by atoms with van der Waals surface area (Å²) in [5.74, 6) is 0. The predicted octanol–water partition coefficient (Wildman–Crippen LogP) is -0.567. The second-order valence-electron chi connectivity index (χ2n) is 0. The van der Waals surface area contributed by atoms with E-state index in [0.29, 0.717) is 0 Å². The molecule has 0 heterocycles. The average Bonchev–Trinajstić information content (AvgIpc) is 0. The Morgan fingerprint density at radius 3 is 0.600 bits per heavy atom. The first-order chi connectivity index (χ1) is 0. The Labute approximate surface area is 121 Å². The van der Waals surface area contributed by atoms with Crippen LogP contribution in [0.15, 0.2) is 0 Å². The fourth-order valence-electron chi connectivity index (χ4n) is 0. The molecule has 0 fully saturated rings. The van der Waals surface area contributed by atoms with E-state index in [2.05, 4.69) is 0 Å². The van der Waals surface area contributed by atoms with Crippen LogP contribution in [0.2, 0.25) is 0 Å². The van der Waals surface area contributed by atoms with Crippen LogP contribution in [0.4, 0.5) is 0 Å². The van der Waals surface area contributed by atoms with Crippen LogP contribution >= 0.6 is 37.2 Å². The van der Waals surface area contributed by atoms with Gasteiger partial charge in [-0.05, 0) is 0 Å². The molecule has 0 rings (SSSR count). The van der Waals surface area contributed by atoms with Crippen molar-refractivity contribution in [3.63, 3.8) is 0 Å². The van der Waals surface area contributed by atoms with E-state index in [1.807, 2.05) is 0 Å². The van der Waals surface area contributed by atoms with Gasteiger partial charge >= 0.3 is 86.6 Å². The van der Waals surface area contributed by atoms with Gasteiger partial charge in [-0.25, -0.2) is 0 Å². The minimum atomic E-state index is 0. The van der Waals surface area contributed by atoms with E-state index in [1.165, 1.54) is 0 Å². The van der Waals surface area contributed by atoms with Crippen molar-refractivity contribution in [3.05, 3.63) is 0 Å². The van der Waals surface area contributed by atoms with E-state index in [9.17, 15) is 0 Å². The molecule has 0 bridgehead atoms. The Balaban J connectivity index is 0. The standard InChI is InChI=1S/Ba.Ca.3ClH.4H/h;;3*1H;;;;. The van der Waals surface area contributed by atoms with Gasteiger partial charge in [-0.1, -0.05) is 0 Å². The van der Waals surface area contributed by atoms with Gasteiger partial charge in [0.15, 0.2) is 0 Å². The molecule has 0 amide bonds. The van der Waals surface area contributed by atoms with Crippen molar-refractivity contribution in [3.8, 4) is 0 Å². The van der Waals surface area contributed by atoms with Gasteiger partial charge < -0.3 is 0 Å². The van der Waals surface area contributed by atoms with Gasteiger partial charge in [0.2, 0.25) is 0 Å². The second kappa shape index (κ2) is 25.2. The molecule has 0 aromatic rings. The summed E-state index contributed by atoms with van der Waals surface area (Å²) >= 11 is 0. The molecule has 0 radical (unpaired) electrons. The van der Waals surface area contributed by atoms with Crippen LogP contribution in [0.5, 0.6) is 0 Å². The molecule has 5 heavy (non-hydrogen) atoms. The van der Waals surface area contributed by atoms with E-state index in [-0.39, 0.29) is 124 Å². The molecule has 0 N–H and O–H groups in total. The molecule has 0 aromatic carbocycles. The molecular formula is H7BaCaCl3. The first-order valence-electron chi connectivity index (χ1n) is 0. The van der Waals surface area contributed by atoms with Gasteiger partial charge in [0.1, 0.15) is 0 Å². The summed E-state index contributed by atoms with van der Waals surface area (Å²) in [5.41, 5.74) is 0. The van der Waals surface area contributed by atoms with E-state index >= 15 is 0 Å². The summed E-state index contributed by atoms with van der Waals surface area (Å²) in [6.07, 6.45) is 0. The van der Waals surface area contributed by atoms with E-state index in [1.54, 1.807) is 0 Å². The summed E-state index contributed by atoms with van der Waals surface area (Å²) in [6, 6.07) is 0. The van der Waals surface area contributed by atoms with Crippen molar-refractivity contribution < 1.29 is 0 Å². The summed E-state index contributed by atoms with van der Waals surface area (Å²) < 4.78 is 0. The molecule has 0 nitrogen and oxygen atoms in total. The third kappa shape index (κ3) is 18.3. The van der Waals surface area contributed by atoms with Crippen LogP contribution in [0.25, 0.3) is 0 Å². The molecule has 0 aromatic heterocycles. The molecule has 0 unspecified atom stereocenters. The van der Waals surface area contributed by atoms with Crippen LogP contribution in [-0.4, -0.2) is 86.6 Å². The predicted molar refractivity (Wildman–Crippen MR) is 38.8 cm³/mol. The monoisotopic (exact) mass is 290 g/mol. The molecule has 0 spiro atoms. The summed E-state index contributed by atoms with van der Waals surface area (Å²) in [4.78, 5) is 0. The normalized spacial score (nSPS) is 0. The molecule has 0 aliphatic heterocycles. The van der Waals surface area contributed by atoms with Crippen LogP contribution < -0.4 is 0 Å². The van der Waals surface area contributed by atoms with Crippen LogP contribution in [0, 0.1) is 0 Å². The molecule has 0 saturated heterocycles. The summed E-state index contributed by atoms with van der Waals surface area (Å²) in [7, 11) is 0. The van der Waals surface area contributed by atoms with Crippen LogP contribution in [0.1, 0.15) is 0 Å². The van der Waals surface area contributed by atoms with Crippen molar-refractivity contribution >= 4 is 124 Å². The molecular weight excluding hydrogens is 284 g/mol. The fraction of sp³-hybridized carbons (Fsp3) is 0. The SMILES string of the molecule is Cl.Cl.Cl.[BaH2].[CaH2]. The Hall–Kier alpha value is 3.70. The second-order valence-corrected chi connectivity index (χ2v) is 0. The Morgan fingerprint density at radius 2 is 0.600 bits per heavy atom. The fourth-order valence-corrected chi connectivity index (χ4v) is 0. The number of halogens is 3. The van der Waals surface area contributed by atoms with Crippen molar-refractivity contribution in [2.45, 2.75) is 0 Å². The maximum atomic E-state index is 0. The molecule has 5 heteroatoms. The van der Waals surface area contributed by atoms with Gasteiger partial charge in [0, 0.05) is 0 Å². The quantitative estimate of drug-likeness (QED) is 0.525. The van der Waals surface area contributed by atoms with Gasteiger partial charge in [-0.2, -0.15) is 0 Å². The first kappa shape index (κ1) is 37.7. The third-order valence-corrected chi connectivity index (χ3v) is 0. The van der Waals surface area contributed by atoms with Crippen LogP contribution in [-0.2, 0) is 0 Å². The first-order valence-corrected chi connectivity index (χ1v) is 0. The molecule has 0 aliphatic rings. The van der Waals surface area contributed by atoms with Crippen molar-refractivity contribution in [1.82, 2.24) is 0 Å². The van der Waals surface area contributed by atoms with E-state index < -0.39 is 0 Å². The Bertz CT molecular complexity index is 6.85. The Morgan fingerprint density at radius 1 is 0.600 bits per heavy atom. The zero-order chi connectivity index (χ0) is 0. The van der Waals surface area contributed by atoms with Gasteiger partial charge in [0.05, 0.1) is 0 Å². The zero-order valence-electron chi connectivity index (χ0n) is 1.22. The zero-order valence-corrected chi connectivity index (χ0v) is 3.67. The van der Waals surface area contributed by atoms with Crippen molar-refractivity contribution in [2.24, 2.45) is 0 Å². The minimum absolute atomic E-state index is 0. The van der Waals surface area contributed by atoms with Gasteiger partial charge in [0.25, 0.3) is 0 Å². The third-order valence-electron chi connectivity index (χ3n) is 0. The number of rotatable bonds is 0. The van der Waals surface area contributed by atoms with Gasteiger partial charge in [-0.15, -0.1) is 37.2 Å². The maximum absolute atomic E-state index is 0. The number of hydrogen-bond donors (Lipinski definition) is 0. The average molecular weight is 291 g/mol. The Kier molecular flexibility index (Phi) is 190. The van der Waals surface area contributed by atoms with Crippen molar-refractivity contribution in [1.29, 1.82) is 0 Å². The van der Waals surface area contributed by atoms with Crippen molar-refractivity contribution in [2.75, 3.05) is 0 Å². The molecule has 0 atom stereocenters. The summed E-state index contributed by atoms with van der Waals surface area (Å²) in [6.45, 7) is 0. The number of hydrogen-bond acceptors (Lipinski definition) is 0. The van der Waals surface area contributed by atoms with E-state index in [0.717, 1.165) is 0 Å².